The van der Waals surface area contributed by atoms with E-state index in [9.17, 15) is 4.79 Å². The number of anilines is 3. The minimum atomic E-state index is -0.447. The van der Waals surface area contributed by atoms with Crippen LogP contribution in [0.3, 0.4) is 0 Å². The SMILES string of the molecule is Cn1cc(Nc2cc(NC(=O)c3cnc(C#N)cn3)ccc2C=N)cn1. The van der Waals surface area contributed by atoms with Gasteiger partial charge in [0, 0.05) is 36.4 Å². The Bertz CT molecular complexity index is 1000. The van der Waals surface area contributed by atoms with E-state index in [0.717, 1.165) is 5.69 Å². The fourth-order valence-electron chi connectivity index (χ4n) is 2.21. The third-order valence-corrected chi connectivity index (χ3v) is 3.45. The van der Waals surface area contributed by atoms with Crippen LogP contribution in [0.1, 0.15) is 21.7 Å². The maximum absolute atomic E-state index is 12.3. The molecule has 1 amide bonds. The molecule has 2 aromatic heterocycles. The molecule has 3 N–H and O–H groups in total. The Balaban J connectivity index is 1.81. The fourth-order valence-corrected chi connectivity index (χ4v) is 2.21. The first-order valence-corrected chi connectivity index (χ1v) is 7.53. The molecule has 0 saturated carbocycles. The van der Waals surface area contributed by atoms with Crippen molar-refractivity contribution in [2.45, 2.75) is 0 Å². The van der Waals surface area contributed by atoms with Crippen LogP contribution in [-0.2, 0) is 7.05 Å². The Kier molecular flexibility index (Phi) is 4.67. The van der Waals surface area contributed by atoms with Crippen LogP contribution in [0.4, 0.5) is 17.1 Å². The van der Waals surface area contributed by atoms with Crippen molar-refractivity contribution in [2.75, 3.05) is 10.6 Å². The normalized spacial score (nSPS) is 10.0. The van der Waals surface area contributed by atoms with Gasteiger partial charge >= 0.3 is 0 Å². The number of amides is 1. The molecule has 0 radical (unpaired) electrons. The Labute approximate surface area is 148 Å². The number of aryl methyl sites for hydroxylation is 1. The minimum absolute atomic E-state index is 0.0990. The average molecular weight is 346 g/mol. The molecule has 128 valence electrons. The van der Waals surface area contributed by atoms with Crippen LogP contribution >= 0.6 is 0 Å². The number of hydrogen-bond acceptors (Lipinski definition) is 7. The smallest absolute Gasteiger partial charge is 0.275 e. The van der Waals surface area contributed by atoms with Gasteiger partial charge < -0.3 is 16.0 Å². The Hall–Kier alpha value is -4.06. The van der Waals surface area contributed by atoms with Gasteiger partial charge in [0.1, 0.15) is 11.8 Å². The van der Waals surface area contributed by atoms with Crippen molar-refractivity contribution in [1.29, 1.82) is 10.7 Å². The molecule has 0 unspecified atom stereocenters. The van der Waals surface area contributed by atoms with Gasteiger partial charge in [0.05, 0.1) is 24.3 Å². The molecular weight excluding hydrogens is 332 g/mol. The van der Waals surface area contributed by atoms with Crippen LogP contribution in [0.15, 0.2) is 43.0 Å². The van der Waals surface area contributed by atoms with E-state index < -0.39 is 5.91 Å². The van der Waals surface area contributed by atoms with Crippen molar-refractivity contribution in [2.24, 2.45) is 7.05 Å². The van der Waals surface area contributed by atoms with Crippen LogP contribution in [0.5, 0.6) is 0 Å². The molecule has 0 spiro atoms. The molecule has 0 aliphatic heterocycles. The number of carbonyl (C=O) groups excluding carboxylic acids is 1. The Morgan fingerprint density at radius 3 is 2.73 bits per heavy atom. The quantitative estimate of drug-likeness (QED) is 0.606. The third-order valence-electron chi connectivity index (χ3n) is 3.45. The monoisotopic (exact) mass is 346 g/mol. The highest BCUT2D eigenvalue weighted by Gasteiger charge is 2.10. The second kappa shape index (κ2) is 7.23. The molecule has 2 heterocycles. The van der Waals surface area contributed by atoms with E-state index in [2.05, 4.69) is 25.7 Å². The third kappa shape index (κ3) is 3.70. The van der Waals surface area contributed by atoms with Gasteiger partial charge in [-0.15, -0.1) is 0 Å². The second-order valence-electron chi connectivity index (χ2n) is 5.33. The predicted molar refractivity (Wildman–Crippen MR) is 95.5 cm³/mol. The lowest BCUT2D eigenvalue weighted by Crippen LogP contribution is -2.14. The topological polar surface area (TPSA) is 132 Å². The van der Waals surface area contributed by atoms with E-state index in [-0.39, 0.29) is 11.4 Å². The van der Waals surface area contributed by atoms with Crippen LogP contribution in [0.2, 0.25) is 0 Å². The largest absolute Gasteiger partial charge is 0.352 e. The van der Waals surface area contributed by atoms with Crippen molar-refractivity contribution in [3.05, 3.63) is 59.9 Å². The molecule has 3 rings (SSSR count). The lowest BCUT2D eigenvalue weighted by Gasteiger charge is -2.11. The van der Waals surface area contributed by atoms with E-state index in [0.29, 0.717) is 16.9 Å². The van der Waals surface area contributed by atoms with E-state index in [4.69, 9.17) is 10.7 Å². The Morgan fingerprint density at radius 1 is 1.27 bits per heavy atom. The van der Waals surface area contributed by atoms with Crippen molar-refractivity contribution in [3.8, 4) is 6.07 Å². The molecule has 9 nitrogen and oxygen atoms in total. The summed E-state index contributed by atoms with van der Waals surface area (Å²) in [5, 5.41) is 26.2. The van der Waals surface area contributed by atoms with Crippen LogP contribution in [0.25, 0.3) is 0 Å². The molecule has 0 fully saturated rings. The molecule has 26 heavy (non-hydrogen) atoms. The van der Waals surface area contributed by atoms with Gasteiger partial charge in [0.15, 0.2) is 5.69 Å². The maximum atomic E-state index is 12.3. The first-order valence-electron chi connectivity index (χ1n) is 7.53. The molecule has 9 heteroatoms. The summed E-state index contributed by atoms with van der Waals surface area (Å²) in [5.41, 5.74) is 2.83. The highest BCUT2D eigenvalue weighted by Crippen LogP contribution is 2.24. The van der Waals surface area contributed by atoms with Gasteiger partial charge in [-0.05, 0) is 18.2 Å². The number of rotatable bonds is 5. The second-order valence-corrected chi connectivity index (χ2v) is 5.33. The van der Waals surface area contributed by atoms with Gasteiger partial charge in [-0.1, -0.05) is 0 Å². The minimum Gasteiger partial charge on any atom is -0.352 e. The van der Waals surface area contributed by atoms with Gasteiger partial charge in [-0.3, -0.25) is 9.48 Å². The number of aromatic nitrogens is 4. The number of nitriles is 1. The van der Waals surface area contributed by atoms with Crippen molar-refractivity contribution in [1.82, 2.24) is 19.7 Å². The fraction of sp³-hybridized carbons (Fsp3) is 0.0588. The van der Waals surface area contributed by atoms with Crippen molar-refractivity contribution < 1.29 is 4.79 Å². The molecule has 0 saturated heterocycles. The maximum Gasteiger partial charge on any atom is 0.275 e. The molecule has 0 aliphatic rings. The van der Waals surface area contributed by atoms with Gasteiger partial charge in [-0.25, -0.2) is 9.97 Å². The van der Waals surface area contributed by atoms with E-state index in [1.165, 1.54) is 18.6 Å². The standard InChI is InChI=1S/C17H14N8O/c1-25-10-14(8-22-25)23-15-4-12(3-2-11(15)5-18)24-17(26)16-9-20-13(6-19)7-21-16/h2-5,7-10,18,23H,1H3,(H,24,26). The average Bonchev–Trinajstić information content (AvgIpc) is 3.07. The number of nitrogens with zero attached hydrogens (tertiary/aromatic N) is 5. The molecule has 0 aliphatic carbocycles. The van der Waals surface area contributed by atoms with Crippen LogP contribution in [0, 0.1) is 16.7 Å². The summed E-state index contributed by atoms with van der Waals surface area (Å²) in [5.74, 6) is -0.447. The van der Waals surface area contributed by atoms with Gasteiger partial charge in [0.2, 0.25) is 0 Å². The van der Waals surface area contributed by atoms with E-state index in [1.54, 1.807) is 42.3 Å². The molecule has 0 atom stereocenters. The summed E-state index contributed by atoms with van der Waals surface area (Å²) in [4.78, 5) is 20.0. The number of hydrogen-bond donors (Lipinski definition) is 3. The van der Waals surface area contributed by atoms with Crippen LogP contribution in [-0.4, -0.2) is 31.9 Å². The lowest BCUT2D eigenvalue weighted by atomic mass is 10.1. The predicted octanol–water partition coefficient (Wildman–Crippen LogP) is 2.08. The summed E-state index contributed by atoms with van der Waals surface area (Å²) in [6.07, 6.45) is 7.16. The zero-order chi connectivity index (χ0) is 18.5. The molecular formula is C17H14N8O. The van der Waals surface area contributed by atoms with Crippen molar-refractivity contribution in [3.63, 3.8) is 0 Å². The number of carbonyl (C=O) groups is 1. The van der Waals surface area contributed by atoms with Gasteiger partial charge in [-0.2, -0.15) is 10.4 Å². The van der Waals surface area contributed by atoms with Crippen LogP contribution < -0.4 is 10.6 Å². The summed E-state index contributed by atoms with van der Waals surface area (Å²) < 4.78 is 1.65. The van der Waals surface area contributed by atoms with Gasteiger partial charge in [0.25, 0.3) is 5.91 Å². The number of benzene rings is 1. The highest BCUT2D eigenvalue weighted by molar-refractivity contribution is 6.03. The molecule has 3 aromatic rings. The zero-order valence-corrected chi connectivity index (χ0v) is 13.8. The Morgan fingerprint density at radius 2 is 2.12 bits per heavy atom. The summed E-state index contributed by atoms with van der Waals surface area (Å²) in [6.45, 7) is 0. The molecule has 0 bridgehead atoms. The first kappa shape index (κ1) is 16.8. The highest BCUT2D eigenvalue weighted by atomic mass is 16.1. The summed E-state index contributed by atoms with van der Waals surface area (Å²) in [6, 6.07) is 6.96. The van der Waals surface area contributed by atoms with E-state index >= 15 is 0 Å². The zero-order valence-electron chi connectivity index (χ0n) is 13.8. The number of nitrogens with one attached hydrogen (secondary N) is 3. The van der Waals surface area contributed by atoms with E-state index in [1.807, 2.05) is 6.07 Å². The first-order chi connectivity index (χ1) is 12.6. The summed E-state index contributed by atoms with van der Waals surface area (Å²) in [7, 11) is 1.80. The van der Waals surface area contributed by atoms with Crippen molar-refractivity contribution >= 4 is 29.2 Å². The summed E-state index contributed by atoms with van der Waals surface area (Å²) >= 11 is 0. The molecule has 1 aromatic carbocycles. The lowest BCUT2D eigenvalue weighted by molar-refractivity contribution is 0.102.